The summed E-state index contributed by atoms with van der Waals surface area (Å²) < 4.78 is 7.53. The number of aryl methyl sites for hydroxylation is 1. The maximum Gasteiger partial charge on any atom is 0.270 e. The summed E-state index contributed by atoms with van der Waals surface area (Å²) in [5.74, 6) is 0.439. The van der Waals surface area contributed by atoms with Crippen molar-refractivity contribution in [2.75, 3.05) is 12.4 Å². The van der Waals surface area contributed by atoms with E-state index in [0.717, 1.165) is 14.9 Å². The number of anilines is 1. The van der Waals surface area contributed by atoms with Gasteiger partial charge in [-0.2, -0.15) is 5.10 Å². The summed E-state index contributed by atoms with van der Waals surface area (Å²) in [6, 6.07) is 16.8. The number of ether oxygens (including phenoxy) is 1. The normalized spacial score (nSPS) is 10.5. The molecule has 1 heterocycles. The van der Waals surface area contributed by atoms with E-state index in [1.807, 2.05) is 55.5 Å². The number of nitrogens with zero attached hydrogens (tertiary/aromatic N) is 2. The predicted octanol–water partition coefficient (Wildman–Crippen LogP) is 3.39. The minimum atomic E-state index is -0.297. The number of carbonyl (C=O) groups excluding carboxylic acids is 1. The first-order valence-electron chi connectivity index (χ1n) is 8.70. The lowest BCUT2D eigenvalue weighted by Crippen LogP contribution is -2.32. The van der Waals surface area contributed by atoms with Crippen LogP contribution in [0.2, 0.25) is 0 Å². The first-order chi connectivity index (χ1) is 13.4. The summed E-state index contributed by atoms with van der Waals surface area (Å²) in [4.78, 5) is 25.2. The lowest BCUT2D eigenvalue weighted by Gasteiger charge is -2.10. The van der Waals surface area contributed by atoms with Gasteiger partial charge in [-0.3, -0.25) is 9.59 Å². The Kier molecular flexibility index (Phi) is 6.45. The van der Waals surface area contributed by atoms with Crippen LogP contribution in [0.15, 0.2) is 59.4 Å². The van der Waals surface area contributed by atoms with E-state index in [-0.39, 0.29) is 18.0 Å². The average molecular weight is 489 g/mol. The predicted molar refractivity (Wildman–Crippen MR) is 117 cm³/mol. The molecule has 0 fully saturated rings. The van der Waals surface area contributed by atoms with Gasteiger partial charge in [-0.05, 0) is 77.5 Å². The molecular weight excluding hydrogens is 469 g/mol. The van der Waals surface area contributed by atoms with Gasteiger partial charge in [0.1, 0.15) is 12.3 Å². The second-order valence-corrected chi connectivity index (χ2v) is 7.60. The molecule has 0 saturated heterocycles. The Morgan fingerprint density at radius 3 is 2.64 bits per heavy atom. The Balaban J connectivity index is 1.79. The number of hydrogen-bond donors (Lipinski definition) is 1. The first-order valence-corrected chi connectivity index (χ1v) is 9.78. The number of nitrogens with one attached hydrogen (secondary N) is 1. The number of benzene rings is 2. The third-order valence-electron chi connectivity index (χ3n) is 4.12. The molecule has 28 heavy (non-hydrogen) atoms. The van der Waals surface area contributed by atoms with Crippen molar-refractivity contribution in [1.29, 1.82) is 0 Å². The van der Waals surface area contributed by atoms with Gasteiger partial charge in [0.25, 0.3) is 5.56 Å². The average Bonchev–Trinajstić information content (AvgIpc) is 2.67. The zero-order valence-corrected chi connectivity index (χ0v) is 17.8. The lowest BCUT2D eigenvalue weighted by atomic mass is 10.1. The van der Waals surface area contributed by atoms with Crippen LogP contribution in [0.1, 0.15) is 16.8 Å². The van der Waals surface area contributed by atoms with Crippen molar-refractivity contribution in [3.63, 3.8) is 0 Å². The molecule has 0 radical (unpaired) electrons. The van der Waals surface area contributed by atoms with E-state index in [0.29, 0.717) is 23.4 Å². The SMILES string of the molecule is COc1cccc(Cc2cc(C)nn(CC(=O)Nc3ccc(I)cc3)c2=O)c1. The molecular formula is C21H20IN3O3. The molecule has 0 aliphatic carbocycles. The van der Waals surface area contributed by atoms with E-state index in [4.69, 9.17) is 4.74 Å². The summed E-state index contributed by atoms with van der Waals surface area (Å²) in [6.07, 6.45) is 0.443. The fraction of sp³-hybridized carbons (Fsp3) is 0.190. The zero-order chi connectivity index (χ0) is 20.1. The van der Waals surface area contributed by atoms with Crippen LogP contribution >= 0.6 is 22.6 Å². The standard InChI is InChI=1S/C21H20IN3O3/c1-14-10-16(11-15-4-3-5-19(12-15)28-2)21(27)25(24-14)13-20(26)23-18-8-6-17(22)7-9-18/h3-10,12H,11,13H2,1-2H3,(H,23,26). The van der Waals surface area contributed by atoms with Crippen LogP contribution in [-0.2, 0) is 17.8 Å². The Hall–Kier alpha value is -2.68. The van der Waals surface area contributed by atoms with Gasteiger partial charge in [-0.15, -0.1) is 0 Å². The van der Waals surface area contributed by atoms with Crippen molar-refractivity contribution in [2.45, 2.75) is 19.9 Å². The van der Waals surface area contributed by atoms with Crippen molar-refractivity contribution >= 4 is 34.2 Å². The van der Waals surface area contributed by atoms with Crippen molar-refractivity contribution in [3.05, 3.63) is 85.3 Å². The van der Waals surface area contributed by atoms with Crippen LogP contribution in [0.3, 0.4) is 0 Å². The molecule has 0 saturated carbocycles. The number of methoxy groups -OCH3 is 1. The first kappa shape index (κ1) is 20.1. The Morgan fingerprint density at radius 1 is 1.18 bits per heavy atom. The van der Waals surface area contributed by atoms with Gasteiger partial charge >= 0.3 is 0 Å². The number of carbonyl (C=O) groups is 1. The number of rotatable bonds is 6. The Morgan fingerprint density at radius 2 is 1.93 bits per heavy atom. The summed E-state index contributed by atoms with van der Waals surface area (Å²) >= 11 is 2.20. The van der Waals surface area contributed by atoms with Gasteiger partial charge in [0.2, 0.25) is 5.91 Å². The monoisotopic (exact) mass is 489 g/mol. The summed E-state index contributed by atoms with van der Waals surface area (Å²) in [5.41, 5.74) is 2.63. The van der Waals surface area contributed by atoms with E-state index in [1.54, 1.807) is 13.2 Å². The van der Waals surface area contributed by atoms with E-state index in [9.17, 15) is 9.59 Å². The van der Waals surface area contributed by atoms with Crippen LogP contribution in [0, 0.1) is 10.5 Å². The minimum Gasteiger partial charge on any atom is -0.497 e. The maximum atomic E-state index is 12.8. The molecule has 1 N–H and O–H groups in total. The van der Waals surface area contributed by atoms with E-state index < -0.39 is 0 Å². The summed E-state index contributed by atoms with van der Waals surface area (Å²) in [5, 5.41) is 7.01. The Bertz CT molecular complexity index is 1050. The topological polar surface area (TPSA) is 73.2 Å². The van der Waals surface area contributed by atoms with Crippen molar-refractivity contribution in [1.82, 2.24) is 9.78 Å². The molecule has 144 valence electrons. The molecule has 6 nitrogen and oxygen atoms in total. The molecule has 0 spiro atoms. The molecule has 0 unspecified atom stereocenters. The molecule has 0 aliphatic rings. The van der Waals surface area contributed by atoms with Gasteiger partial charge in [-0.25, -0.2) is 4.68 Å². The second-order valence-electron chi connectivity index (χ2n) is 6.36. The molecule has 1 amide bonds. The van der Waals surface area contributed by atoms with Gasteiger partial charge < -0.3 is 10.1 Å². The van der Waals surface area contributed by atoms with Crippen LogP contribution < -0.4 is 15.6 Å². The molecule has 3 rings (SSSR count). The van der Waals surface area contributed by atoms with Gasteiger partial charge in [0, 0.05) is 21.2 Å². The molecule has 3 aromatic rings. The van der Waals surface area contributed by atoms with E-state index in [2.05, 4.69) is 33.0 Å². The fourth-order valence-electron chi connectivity index (χ4n) is 2.85. The number of halogens is 1. The van der Waals surface area contributed by atoms with Crippen LogP contribution in [-0.4, -0.2) is 22.8 Å². The van der Waals surface area contributed by atoms with Crippen LogP contribution in [0.25, 0.3) is 0 Å². The molecule has 2 aromatic carbocycles. The third-order valence-corrected chi connectivity index (χ3v) is 4.84. The zero-order valence-electron chi connectivity index (χ0n) is 15.6. The van der Waals surface area contributed by atoms with E-state index >= 15 is 0 Å². The highest BCUT2D eigenvalue weighted by Gasteiger charge is 2.12. The number of amides is 1. The van der Waals surface area contributed by atoms with Crippen LogP contribution in [0.4, 0.5) is 5.69 Å². The molecule has 7 heteroatoms. The summed E-state index contributed by atoms with van der Waals surface area (Å²) in [6.45, 7) is 1.67. The molecule has 1 aromatic heterocycles. The van der Waals surface area contributed by atoms with Crippen molar-refractivity contribution < 1.29 is 9.53 Å². The highest BCUT2D eigenvalue weighted by molar-refractivity contribution is 14.1. The summed E-state index contributed by atoms with van der Waals surface area (Å²) in [7, 11) is 1.61. The highest BCUT2D eigenvalue weighted by atomic mass is 127. The molecule has 0 aliphatic heterocycles. The highest BCUT2D eigenvalue weighted by Crippen LogP contribution is 2.15. The largest absolute Gasteiger partial charge is 0.497 e. The molecule has 0 bridgehead atoms. The van der Waals surface area contributed by atoms with Crippen LogP contribution in [0.5, 0.6) is 5.75 Å². The number of hydrogen-bond acceptors (Lipinski definition) is 4. The number of aromatic nitrogens is 2. The van der Waals surface area contributed by atoms with E-state index in [1.165, 1.54) is 4.68 Å². The lowest BCUT2D eigenvalue weighted by molar-refractivity contribution is -0.117. The van der Waals surface area contributed by atoms with Crippen molar-refractivity contribution in [2.24, 2.45) is 0 Å². The van der Waals surface area contributed by atoms with Gasteiger partial charge in [0.05, 0.1) is 12.8 Å². The fourth-order valence-corrected chi connectivity index (χ4v) is 3.21. The van der Waals surface area contributed by atoms with Gasteiger partial charge in [0.15, 0.2) is 0 Å². The van der Waals surface area contributed by atoms with Crippen molar-refractivity contribution in [3.8, 4) is 5.75 Å². The smallest absolute Gasteiger partial charge is 0.270 e. The maximum absolute atomic E-state index is 12.8. The minimum absolute atomic E-state index is 0.141. The third kappa shape index (κ3) is 5.19. The quantitative estimate of drug-likeness (QED) is 0.539. The molecule has 0 atom stereocenters. The second kappa shape index (κ2) is 9.01. The van der Waals surface area contributed by atoms with Gasteiger partial charge in [-0.1, -0.05) is 12.1 Å². The Labute approximate surface area is 176 Å².